The lowest BCUT2D eigenvalue weighted by molar-refractivity contribution is -0.143. The molecule has 2 rings (SSSR count). The second kappa shape index (κ2) is 5.44. The lowest BCUT2D eigenvalue weighted by Crippen LogP contribution is -2.35. The van der Waals surface area contributed by atoms with E-state index in [2.05, 4.69) is 10.5 Å². The van der Waals surface area contributed by atoms with Crippen molar-refractivity contribution in [3.8, 4) is 0 Å². The van der Waals surface area contributed by atoms with Crippen molar-refractivity contribution in [3.63, 3.8) is 0 Å². The summed E-state index contributed by atoms with van der Waals surface area (Å²) in [5.41, 5.74) is 4.08. The molecule has 1 aliphatic heterocycles. The maximum atomic E-state index is 11.5. The zero-order chi connectivity index (χ0) is 13.0. The van der Waals surface area contributed by atoms with E-state index in [-0.39, 0.29) is 5.97 Å². The van der Waals surface area contributed by atoms with E-state index < -0.39 is 4.87 Å². The molecule has 1 heterocycles. The summed E-state index contributed by atoms with van der Waals surface area (Å²) in [6, 6.07) is 9.92. The molecule has 0 saturated heterocycles. The molecule has 0 fully saturated rings. The molecule has 1 aromatic rings. The van der Waals surface area contributed by atoms with Crippen molar-refractivity contribution in [2.45, 2.75) is 25.1 Å². The van der Waals surface area contributed by atoms with E-state index in [1.165, 1.54) is 0 Å². The Labute approximate surface area is 111 Å². The fourth-order valence-electron chi connectivity index (χ4n) is 1.70. The van der Waals surface area contributed by atoms with E-state index in [9.17, 15) is 4.79 Å². The predicted molar refractivity (Wildman–Crippen MR) is 73.4 cm³/mol. The van der Waals surface area contributed by atoms with Crippen LogP contribution in [0.2, 0.25) is 0 Å². The molecule has 0 spiro atoms. The fraction of sp³-hybridized carbons (Fsp3) is 0.385. The van der Waals surface area contributed by atoms with Gasteiger partial charge in [-0.2, -0.15) is 5.10 Å². The van der Waals surface area contributed by atoms with Gasteiger partial charge in [0, 0.05) is 5.56 Å². The van der Waals surface area contributed by atoms with Crippen molar-refractivity contribution >= 4 is 22.8 Å². The number of carbonyl (C=O) groups is 1. The lowest BCUT2D eigenvalue weighted by Gasteiger charge is -2.21. The minimum atomic E-state index is -0.419. The first kappa shape index (κ1) is 13.0. The van der Waals surface area contributed by atoms with Gasteiger partial charge >= 0.3 is 5.97 Å². The van der Waals surface area contributed by atoms with Crippen molar-refractivity contribution in [3.05, 3.63) is 35.9 Å². The minimum Gasteiger partial charge on any atom is -0.466 e. The third kappa shape index (κ3) is 3.04. The molecule has 0 aliphatic carbocycles. The Balaban J connectivity index is 2.00. The molecule has 0 bridgehead atoms. The first-order valence-corrected chi connectivity index (χ1v) is 6.69. The summed E-state index contributed by atoms with van der Waals surface area (Å²) >= 11 is 1.56. The summed E-state index contributed by atoms with van der Waals surface area (Å²) in [6.45, 7) is 4.17. The summed E-state index contributed by atoms with van der Waals surface area (Å²) in [5.74, 6) is -0.204. The molecule has 4 nitrogen and oxygen atoms in total. The Hall–Kier alpha value is -1.49. The zero-order valence-electron chi connectivity index (χ0n) is 10.5. The maximum absolute atomic E-state index is 11.5. The normalized spacial score (nSPS) is 22.2. The molecular formula is C13H16N2O2S. The number of nitrogens with zero attached hydrogens (tertiary/aromatic N) is 1. The van der Waals surface area contributed by atoms with Crippen LogP contribution in [0.3, 0.4) is 0 Å². The highest BCUT2D eigenvalue weighted by Crippen LogP contribution is 2.34. The first-order valence-electron chi connectivity index (χ1n) is 5.88. The Kier molecular flexibility index (Phi) is 3.91. The number of hydrogen-bond acceptors (Lipinski definition) is 5. The Morgan fingerprint density at radius 1 is 1.44 bits per heavy atom. The standard InChI is InChI=1S/C13H16N2O2S/c1-3-17-11(16)9-13(2)15-14-12(18-13)10-7-5-4-6-8-10/h4-8,15H,3,9H2,1-2H3/t13-/m0/s1. The van der Waals surface area contributed by atoms with Crippen LogP contribution in [-0.4, -0.2) is 22.5 Å². The fourth-order valence-corrected chi connectivity index (χ4v) is 2.75. The van der Waals surface area contributed by atoms with Crippen molar-refractivity contribution in [2.75, 3.05) is 6.61 Å². The lowest BCUT2D eigenvalue weighted by atomic mass is 10.2. The van der Waals surface area contributed by atoms with E-state index in [0.29, 0.717) is 13.0 Å². The smallest absolute Gasteiger partial charge is 0.309 e. The average molecular weight is 264 g/mol. The van der Waals surface area contributed by atoms with Crippen LogP contribution in [0.5, 0.6) is 0 Å². The third-order valence-corrected chi connectivity index (χ3v) is 3.73. The highest BCUT2D eigenvalue weighted by Gasteiger charge is 2.35. The van der Waals surface area contributed by atoms with Crippen molar-refractivity contribution in [1.29, 1.82) is 0 Å². The van der Waals surface area contributed by atoms with Crippen LogP contribution >= 0.6 is 11.8 Å². The monoisotopic (exact) mass is 264 g/mol. The second-order valence-corrected chi connectivity index (χ2v) is 5.70. The van der Waals surface area contributed by atoms with E-state index in [1.807, 2.05) is 37.3 Å². The van der Waals surface area contributed by atoms with Gasteiger partial charge in [0.25, 0.3) is 0 Å². The van der Waals surface area contributed by atoms with Crippen LogP contribution in [0.1, 0.15) is 25.8 Å². The van der Waals surface area contributed by atoms with E-state index in [0.717, 1.165) is 10.6 Å². The SMILES string of the molecule is CCOC(=O)C[C@@]1(C)NN=C(c2ccccc2)S1. The van der Waals surface area contributed by atoms with Gasteiger partial charge in [-0.25, -0.2) is 0 Å². The molecule has 96 valence electrons. The first-order chi connectivity index (χ1) is 8.63. The number of ether oxygens (including phenoxy) is 1. The highest BCUT2D eigenvalue weighted by molar-refractivity contribution is 8.15. The topological polar surface area (TPSA) is 50.7 Å². The van der Waals surface area contributed by atoms with Gasteiger partial charge in [0.1, 0.15) is 9.91 Å². The molecule has 1 N–H and O–H groups in total. The number of carbonyl (C=O) groups excluding carboxylic acids is 1. The molecular weight excluding hydrogens is 248 g/mol. The van der Waals surface area contributed by atoms with Crippen LogP contribution in [0.15, 0.2) is 35.4 Å². The van der Waals surface area contributed by atoms with Gasteiger partial charge in [0.15, 0.2) is 0 Å². The van der Waals surface area contributed by atoms with Gasteiger partial charge in [0.05, 0.1) is 13.0 Å². The van der Waals surface area contributed by atoms with Crippen LogP contribution in [0.4, 0.5) is 0 Å². The molecule has 0 unspecified atom stereocenters. The molecule has 0 saturated carbocycles. The average Bonchev–Trinajstić information content (AvgIpc) is 2.73. The van der Waals surface area contributed by atoms with Crippen LogP contribution in [0, 0.1) is 0 Å². The summed E-state index contributed by atoms with van der Waals surface area (Å²) in [5, 5.41) is 5.20. The predicted octanol–water partition coefficient (Wildman–Crippen LogP) is 2.35. The summed E-state index contributed by atoms with van der Waals surface area (Å²) in [7, 11) is 0. The van der Waals surface area contributed by atoms with E-state index in [4.69, 9.17) is 4.74 Å². The van der Waals surface area contributed by atoms with E-state index in [1.54, 1.807) is 18.7 Å². The number of hydrazone groups is 1. The highest BCUT2D eigenvalue weighted by atomic mass is 32.2. The van der Waals surface area contributed by atoms with Crippen molar-refractivity contribution < 1.29 is 9.53 Å². The van der Waals surface area contributed by atoms with Crippen LogP contribution in [-0.2, 0) is 9.53 Å². The quantitative estimate of drug-likeness (QED) is 0.848. The molecule has 1 atom stereocenters. The number of benzene rings is 1. The van der Waals surface area contributed by atoms with E-state index >= 15 is 0 Å². The second-order valence-electron chi connectivity index (χ2n) is 4.21. The minimum absolute atomic E-state index is 0.204. The summed E-state index contributed by atoms with van der Waals surface area (Å²) < 4.78 is 4.97. The molecule has 1 aliphatic rings. The molecule has 5 heteroatoms. The zero-order valence-corrected chi connectivity index (χ0v) is 11.3. The van der Waals surface area contributed by atoms with Gasteiger partial charge in [0.2, 0.25) is 0 Å². The molecule has 0 radical (unpaired) electrons. The summed E-state index contributed by atoms with van der Waals surface area (Å²) in [6.07, 6.45) is 0.297. The maximum Gasteiger partial charge on any atom is 0.309 e. The Morgan fingerprint density at radius 2 is 2.17 bits per heavy atom. The van der Waals surface area contributed by atoms with Gasteiger partial charge in [-0.3, -0.25) is 10.2 Å². The number of esters is 1. The Bertz CT molecular complexity index is 461. The van der Waals surface area contributed by atoms with Crippen molar-refractivity contribution in [2.24, 2.45) is 5.10 Å². The number of nitrogens with one attached hydrogen (secondary N) is 1. The van der Waals surface area contributed by atoms with Crippen LogP contribution in [0.25, 0.3) is 0 Å². The van der Waals surface area contributed by atoms with Crippen molar-refractivity contribution in [1.82, 2.24) is 5.43 Å². The van der Waals surface area contributed by atoms with Gasteiger partial charge in [-0.1, -0.05) is 42.1 Å². The largest absolute Gasteiger partial charge is 0.466 e. The molecule has 0 aromatic heterocycles. The molecule has 0 amide bonds. The summed E-state index contributed by atoms with van der Waals surface area (Å²) in [4.78, 5) is 11.1. The third-order valence-electron chi connectivity index (χ3n) is 2.52. The van der Waals surface area contributed by atoms with Gasteiger partial charge in [-0.05, 0) is 13.8 Å². The molecule has 18 heavy (non-hydrogen) atoms. The van der Waals surface area contributed by atoms with Gasteiger partial charge < -0.3 is 4.74 Å². The number of hydrogen-bond donors (Lipinski definition) is 1. The van der Waals surface area contributed by atoms with Gasteiger partial charge in [-0.15, -0.1) is 0 Å². The number of rotatable bonds is 4. The molecule has 1 aromatic carbocycles. The van der Waals surface area contributed by atoms with Crippen LogP contribution < -0.4 is 5.43 Å². The Morgan fingerprint density at radius 3 is 2.83 bits per heavy atom. The number of thioether (sulfide) groups is 1.